The highest BCUT2D eigenvalue weighted by molar-refractivity contribution is 5.39. The van der Waals surface area contributed by atoms with Crippen molar-refractivity contribution in [2.24, 2.45) is 0 Å². The van der Waals surface area contributed by atoms with Gasteiger partial charge in [0.05, 0.1) is 12.7 Å². The topological polar surface area (TPSA) is 29.5 Å². The largest absolute Gasteiger partial charge is 0.496 e. The van der Waals surface area contributed by atoms with Gasteiger partial charge in [-0.2, -0.15) is 0 Å². The number of ether oxygens (including phenoxy) is 1. The van der Waals surface area contributed by atoms with Gasteiger partial charge in [-0.3, -0.25) is 0 Å². The molecule has 0 amide bonds. The van der Waals surface area contributed by atoms with E-state index in [1.807, 2.05) is 13.0 Å². The molecule has 1 saturated carbocycles. The van der Waals surface area contributed by atoms with Crippen molar-refractivity contribution in [3.05, 3.63) is 29.1 Å². The molecule has 16 heavy (non-hydrogen) atoms. The van der Waals surface area contributed by atoms with E-state index in [1.165, 1.54) is 6.07 Å². The minimum atomic E-state index is -0.592. The molecule has 3 heteroatoms. The van der Waals surface area contributed by atoms with Gasteiger partial charge < -0.3 is 9.84 Å². The Morgan fingerprint density at radius 1 is 1.44 bits per heavy atom. The van der Waals surface area contributed by atoms with E-state index in [-0.39, 0.29) is 5.82 Å². The van der Waals surface area contributed by atoms with Crippen LogP contribution in [0.3, 0.4) is 0 Å². The quantitative estimate of drug-likeness (QED) is 0.851. The molecule has 1 aliphatic carbocycles. The fraction of sp³-hybridized carbons (Fsp3) is 0.538. The molecule has 0 saturated heterocycles. The van der Waals surface area contributed by atoms with Crippen LogP contribution in [0.1, 0.15) is 30.9 Å². The second-order valence-electron chi connectivity index (χ2n) is 4.51. The zero-order valence-electron chi connectivity index (χ0n) is 9.72. The second-order valence-corrected chi connectivity index (χ2v) is 4.51. The molecular formula is C13H17FO2. The van der Waals surface area contributed by atoms with E-state index in [9.17, 15) is 9.50 Å². The van der Waals surface area contributed by atoms with Gasteiger partial charge in [-0.1, -0.05) is 6.92 Å². The maximum atomic E-state index is 13.7. The minimum absolute atomic E-state index is 0.235. The number of methoxy groups -OCH3 is 1. The smallest absolute Gasteiger partial charge is 0.130 e. The summed E-state index contributed by atoms with van der Waals surface area (Å²) in [6, 6.07) is 3.34. The third-order valence-corrected chi connectivity index (χ3v) is 3.15. The second kappa shape index (κ2) is 4.06. The van der Waals surface area contributed by atoms with Crippen LogP contribution in [-0.4, -0.2) is 17.8 Å². The predicted octanol–water partition coefficient (Wildman–Crippen LogP) is 2.46. The molecule has 1 aliphatic rings. The van der Waals surface area contributed by atoms with Gasteiger partial charge in [0.1, 0.15) is 11.6 Å². The van der Waals surface area contributed by atoms with Crippen LogP contribution >= 0.6 is 0 Å². The molecule has 0 spiro atoms. The van der Waals surface area contributed by atoms with Crippen LogP contribution in [0.4, 0.5) is 4.39 Å². The SMILES string of the molecule is CCc1c(F)cc(CC2(O)CC2)cc1OC. The van der Waals surface area contributed by atoms with Gasteiger partial charge in [0.25, 0.3) is 0 Å². The van der Waals surface area contributed by atoms with E-state index in [2.05, 4.69) is 0 Å². The lowest BCUT2D eigenvalue weighted by Crippen LogP contribution is -2.11. The average Bonchev–Trinajstić information content (AvgIpc) is 2.95. The molecule has 1 fully saturated rings. The standard InChI is InChI=1S/C13H17FO2/c1-3-10-11(14)6-9(7-12(10)16-2)8-13(15)4-5-13/h6-7,15H,3-5,8H2,1-2H3. The Balaban J connectivity index is 2.30. The Morgan fingerprint density at radius 3 is 2.62 bits per heavy atom. The van der Waals surface area contributed by atoms with Crippen molar-refractivity contribution in [3.63, 3.8) is 0 Å². The molecule has 0 radical (unpaired) electrons. The third-order valence-electron chi connectivity index (χ3n) is 3.15. The Bertz CT molecular complexity index is 397. The number of hydrogen-bond acceptors (Lipinski definition) is 2. The maximum absolute atomic E-state index is 13.7. The number of benzene rings is 1. The monoisotopic (exact) mass is 224 g/mol. The highest BCUT2D eigenvalue weighted by atomic mass is 19.1. The molecule has 0 bridgehead atoms. The van der Waals surface area contributed by atoms with Crippen LogP contribution in [0.2, 0.25) is 0 Å². The van der Waals surface area contributed by atoms with E-state index in [0.29, 0.717) is 24.2 Å². The average molecular weight is 224 g/mol. The van der Waals surface area contributed by atoms with Crippen molar-refractivity contribution >= 4 is 0 Å². The molecule has 0 aromatic heterocycles. The van der Waals surface area contributed by atoms with Crippen LogP contribution in [0, 0.1) is 5.82 Å². The Morgan fingerprint density at radius 2 is 2.12 bits per heavy atom. The Kier molecular flexibility index (Phi) is 2.89. The van der Waals surface area contributed by atoms with Crippen molar-refractivity contribution in [3.8, 4) is 5.75 Å². The zero-order valence-corrected chi connectivity index (χ0v) is 9.72. The summed E-state index contributed by atoms with van der Waals surface area (Å²) in [6.07, 6.45) is 2.75. The number of halogens is 1. The molecule has 1 aromatic carbocycles. The Labute approximate surface area is 95.1 Å². The fourth-order valence-corrected chi connectivity index (χ4v) is 1.99. The van der Waals surface area contributed by atoms with E-state index < -0.39 is 5.60 Å². The molecule has 1 N–H and O–H groups in total. The van der Waals surface area contributed by atoms with Gasteiger partial charge in [0, 0.05) is 12.0 Å². The van der Waals surface area contributed by atoms with Crippen LogP contribution in [0.25, 0.3) is 0 Å². The molecule has 2 nitrogen and oxygen atoms in total. The fourth-order valence-electron chi connectivity index (χ4n) is 1.99. The summed E-state index contributed by atoms with van der Waals surface area (Å²) in [7, 11) is 1.55. The summed E-state index contributed by atoms with van der Waals surface area (Å²) in [5.41, 5.74) is 0.825. The van der Waals surface area contributed by atoms with E-state index >= 15 is 0 Å². The van der Waals surface area contributed by atoms with Crippen molar-refractivity contribution in [2.75, 3.05) is 7.11 Å². The van der Waals surface area contributed by atoms with Crippen molar-refractivity contribution in [1.29, 1.82) is 0 Å². The number of hydrogen-bond donors (Lipinski definition) is 1. The predicted molar refractivity (Wildman–Crippen MR) is 60.2 cm³/mol. The van der Waals surface area contributed by atoms with Crippen molar-refractivity contribution < 1.29 is 14.2 Å². The van der Waals surface area contributed by atoms with Gasteiger partial charge in [-0.05, 0) is 37.0 Å². The normalized spacial score (nSPS) is 17.2. The lowest BCUT2D eigenvalue weighted by atomic mass is 10.0. The molecule has 0 unspecified atom stereocenters. The van der Waals surface area contributed by atoms with E-state index in [1.54, 1.807) is 7.11 Å². The molecular weight excluding hydrogens is 207 g/mol. The third kappa shape index (κ3) is 2.19. The first-order chi connectivity index (χ1) is 7.58. The van der Waals surface area contributed by atoms with Crippen molar-refractivity contribution in [2.45, 2.75) is 38.2 Å². The van der Waals surface area contributed by atoms with E-state index in [0.717, 1.165) is 18.4 Å². The first-order valence-corrected chi connectivity index (χ1v) is 5.65. The van der Waals surface area contributed by atoms with Crippen LogP contribution < -0.4 is 4.74 Å². The number of aliphatic hydroxyl groups is 1. The lowest BCUT2D eigenvalue weighted by molar-refractivity contribution is 0.151. The maximum Gasteiger partial charge on any atom is 0.130 e. The van der Waals surface area contributed by atoms with Crippen LogP contribution in [0.5, 0.6) is 5.75 Å². The van der Waals surface area contributed by atoms with Gasteiger partial charge in [-0.15, -0.1) is 0 Å². The highest BCUT2D eigenvalue weighted by Crippen LogP contribution is 2.39. The first kappa shape index (κ1) is 11.4. The zero-order chi connectivity index (χ0) is 11.8. The summed E-state index contributed by atoms with van der Waals surface area (Å²) >= 11 is 0. The summed E-state index contributed by atoms with van der Waals surface area (Å²) < 4.78 is 18.9. The molecule has 88 valence electrons. The van der Waals surface area contributed by atoms with Gasteiger partial charge >= 0.3 is 0 Å². The number of rotatable bonds is 4. The minimum Gasteiger partial charge on any atom is -0.496 e. The summed E-state index contributed by atoms with van der Waals surface area (Å²) in [5.74, 6) is 0.350. The molecule has 1 aromatic rings. The first-order valence-electron chi connectivity index (χ1n) is 5.65. The Hall–Kier alpha value is -1.09. The highest BCUT2D eigenvalue weighted by Gasteiger charge is 2.40. The van der Waals surface area contributed by atoms with Crippen LogP contribution in [0.15, 0.2) is 12.1 Å². The van der Waals surface area contributed by atoms with E-state index in [4.69, 9.17) is 4.74 Å². The molecule has 0 aliphatic heterocycles. The summed E-state index contributed by atoms with van der Waals surface area (Å²) in [4.78, 5) is 0. The van der Waals surface area contributed by atoms with Gasteiger partial charge in [0.15, 0.2) is 0 Å². The van der Waals surface area contributed by atoms with Crippen molar-refractivity contribution in [1.82, 2.24) is 0 Å². The summed E-state index contributed by atoms with van der Waals surface area (Å²) in [6.45, 7) is 1.90. The molecule has 0 atom stereocenters. The van der Waals surface area contributed by atoms with Gasteiger partial charge in [-0.25, -0.2) is 4.39 Å². The van der Waals surface area contributed by atoms with Gasteiger partial charge in [0.2, 0.25) is 0 Å². The summed E-state index contributed by atoms with van der Waals surface area (Å²) in [5, 5.41) is 9.80. The molecule has 2 rings (SSSR count). The molecule has 0 heterocycles. The van der Waals surface area contributed by atoms with Crippen LogP contribution in [-0.2, 0) is 12.8 Å². The lowest BCUT2D eigenvalue weighted by Gasteiger charge is -2.13.